The maximum absolute atomic E-state index is 11.8. The molecule has 1 aliphatic heterocycles. The van der Waals surface area contributed by atoms with Crippen molar-refractivity contribution in [3.05, 3.63) is 30.3 Å². The van der Waals surface area contributed by atoms with Crippen molar-refractivity contribution in [2.45, 2.75) is 19.3 Å². The SMILES string of the molecule is CN(CCCN1CC(C(=O)O)CCC1=O)c1ccccc1. The van der Waals surface area contributed by atoms with Gasteiger partial charge in [0.1, 0.15) is 0 Å². The molecule has 0 saturated carbocycles. The fourth-order valence-electron chi connectivity index (χ4n) is 2.64. The van der Waals surface area contributed by atoms with Crippen LogP contribution < -0.4 is 4.90 Å². The fraction of sp³-hybridized carbons (Fsp3) is 0.500. The zero-order chi connectivity index (χ0) is 15.2. The van der Waals surface area contributed by atoms with Gasteiger partial charge in [0, 0.05) is 38.8 Å². The molecule has 1 N–H and O–H groups in total. The van der Waals surface area contributed by atoms with Crippen LogP contribution in [0.4, 0.5) is 5.69 Å². The molecule has 1 atom stereocenters. The van der Waals surface area contributed by atoms with Crippen molar-refractivity contribution in [3.8, 4) is 0 Å². The van der Waals surface area contributed by atoms with Gasteiger partial charge in [-0.2, -0.15) is 0 Å². The van der Waals surface area contributed by atoms with Crippen molar-refractivity contribution in [2.24, 2.45) is 5.92 Å². The molecular weight excluding hydrogens is 268 g/mol. The first kappa shape index (κ1) is 15.4. The smallest absolute Gasteiger partial charge is 0.308 e. The van der Waals surface area contributed by atoms with Gasteiger partial charge in [0.25, 0.3) is 0 Å². The second-order valence-corrected chi connectivity index (χ2v) is 5.52. The molecular formula is C16H22N2O3. The molecule has 0 spiro atoms. The number of rotatable bonds is 6. The second kappa shape index (κ2) is 7.11. The van der Waals surface area contributed by atoms with Gasteiger partial charge in [0.2, 0.25) is 5.91 Å². The molecule has 0 bridgehead atoms. The number of hydrogen-bond acceptors (Lipinski definition) is 3. The van der Waals surface area contributed by atoms with Crippen LogP contribution in [0, 0.1) is 5.92 Å². The zero-order valence-corrected chi connectivity index (χ0v) is 12.4. The van der Waals surface area contributed by atoms with Crippen LogP contribution in [-0.2, 0) is 9.59 Å². The Morgan fingerprint density at radius 3 is 2.76 bits per heavy atom. The Hall–Kier alpha value is -2.04. The molecule has 1 saturated heterocycles. The number of piperidine rings is 1. The van der Waals surface area contributed by atoms with E-state index in [1.807, 2.05) is 37.4 Å². The van der Waals surface area contributed by atoms with E-state index in [2.05, 4.69) is 4.90 Å². The summed E-state index contributed by atoms with van der Waals surface area (Å²) in [6.45, 7) is 1.81. The predicted molar refractivity (Wildman–Crippen MR) is 81.3 cm³/mol. The van der Waals surface area contributed by atoms with Crippen LogP contribution in [0.3, 0.4) is 0 Å². The molecule has 0 aliphatic carbocycles. The van der Waals surface area contributed by atoms with E-state index >= 15 is 0 Å². The van der Waals surface area contributed by atoms with E-state index in [4.69, 9.17) is 5.11 Å². The van der Waals surface area contributed by atoms with Crippen LogP contribution in [-0.4, -0.2) is 48.6 Å². The number of benzene rings is 1. The highest BCUT2D eigenvalue weighted by Crippen LogP contribution is 2.18. The Morgan fingerprint density at radius 2 is 2.10 bits per heavy atom. The van der Waals surface area contributed by atoms with Gasteiger partial charge in [-0.05, 0) is 25.0 Å². The molecule has 1 amide bonds. The highest BCUT2D eigenvalue weighted by atomic mass is 16.4. The maximum Gasteiger partial charge on any atom is 0.308 e. The number of amides is 1. The number of nitrogens with zero attached hydrogens (tertiary/aromatic N) is 2. The van der Waals surface area contributed by atoms with Crippen LogP contribution in [0.5, 0.6) is 0 Å². The minimum absolute atomic E-state index is 0.0786. The van der Waals surface area contributed by atoms with Crippen molar-refractivity contribution in [1.29, 1.82) is 0 Å². The Labute approximate surface area is 125 Å². The first-order valence-electron chi connectivity index (χ1n) is 7.34. The molecule has 0 aromatic heterocycles. The molecule has 1 aliphatic rings. The summed E-state index contributed by atoms with van der Waals surface area (Å²) in [5, 5.41) is 9.06. The molecule has 114 valence electrons. The summed E-state index contributed by atoms with van der Waals surface area (Å²) in [5.74, 6) is -1.13. The van der Waals surface area contributed by atoms with Crippen molar-refractivity contribution in [3.63, 3.8) is 0 Å². The number of likely N-dealkylation sites (tertiary alicyclic amines) is 1. The maximum atomic E-state index is 11.8. The fourth-order valence-corrected chi connectivity index (χ4v) is 2.64. The van der Waals surface area contributed by atoms with Crippen LogP contribution in [0.25, 0.3) is 0 Å². The lowest BCUT2D eigenvalue weighted by molar-refractivity contribution is -0.147. The number of carboxylic acid groups (broad SMARTS) is 1. The summed E-state index contributed by atoms with van der Waals surface area (Å²) in [7, 11) is 2.02. The molecule has 1 fully saturated rings. The third-order valence-electron chi connectivity index (χ3n) is 3.97. The van der Waals surface area contributed by atoms with Crippen LogP contribution in [0.15, 0.2) is 30.3 Å². The van der Waals surface area contributed by atoms with Crippen molar-refractivity contribution >= 4 is 17.6 Å². The molecule has 2 rings (SSSR count). The average Bonchev–Trinajstić information content (AvgIpc) is 2.49. The molecule has 1 unspecified atom stereocenters. The summed E-state index contributed by atoms with van der Waals surface area (Å²) < 4.78 is 0. The van der Waals surface area contributed by atoms with Gasteiger partial charge in [0.05, 0.1) is 5.92 Å². The first-order valence-corrected chi connectivity index (χ1v) is 7.34. The average molecular weight is 290 g/mol. The summed E-state index contributed by atoms with van der Waals surface area (Å²) >= 11 is 0. The van der Waals surface area contributed by atoms with Gasteiger partial charge in [-0.3, -0.25) is 9.59 Å². The predicted octanol–water partition coefficient (Wildman–Crippen LogP) is 1.84. The topological polar surface area (TPSA) is 60.9 Å². The number of anilines is 1. The minimum Gasteiger partial charge on any atom is -0.481 e. The molecule has 1 heterocycles. The monoisotopic (exact) mass is 290 g/mol. The van der Waals surface area contributed by atoms with E-state index in [-0.39, 0.29) is 5.91 Å². The Bertz CT molecular complexity index is 490. The molecule has 0 radical (unpaired) electrons. The van der Waals surface area contributed by atoms with E-state index in [0.29, 0.717) is 25.9 Å². The lowest BCUT2D eigenvalue weighted by Crippen LogP contribution is -2.43. The standard InChI is InChI=1S/C16H22N2O3/c1-17(14-6-3-2-4-7-14)10-5-11-18-12-13(16(20)21)8-9-15(18)19/h2-4,6-7,13H,5,8-12H2,1H3,(H,20,21). The lowest BCUT2D eigenvalue weighted by Gasteiger charge is -2.31. The largest absolute Gasteiger partial charge is 0.481 e. The Balaban J connectivity index is 1.79. The van der Waals surface area contributed by atoms with Crippen molar-refractivity contribution in [2.75, 3.05) is 31.6 Å². The molecule has 5 heteroatoms. The number of para-hydroxylation sites is 1. The molecule has 21 heavy (non-hydrogen) atoms. The van der Waals surface area contributed by atoms with Gasteiger partial charge < -0.3 is 14.9 Å². The second-order valence-electron chi connectivity index (χ2n) is 5.52. The quantitative estimate of drug-likeness (QED) is 0.868. The Morgan fingerprint density at radius 1 is 1.38 bits per heavy atom. The molecule has 5 nitrogen and oxygen atoms in total. The van der Waals surface area contributed by atoms with Gasteiger partial charge in [-0.15, -0.1) is 0 Å². The van der Waals surface area contributed by atoms with Gasteiger partial charge in [-0.25, -0.2) is 0 Å². The minimum atomic E-state index is -0.797. The number of carboxylic acids is 1. The van der Waals surface area contributed by atoms with Crippen molar-refractivity contribution in [1.82, 2.24) is 4.90 Å². The van der Waals surface area contributed by atoms with Gasteiger partial charge in [0.15, 0.2) is 0 Å². The summed E-state index contributed by atoms with van der Waals surface area (Å²) in [5.41, 5.74) is 1.14. The van der Waals surface area contributed by atoms with Gasteiger partial charge in [-0.1, -0.05) is 18.2 Å². The highest BCUT2D eigenvalue weighted by molar-refractivity contribution is 5.80. The Kier molecular flexibility index (Phi) is 5.20. The van der Waals surface area contributed by atoms with Crippen LogP contribution in [0.1, 0.15) is 19.3 Å². The van der Waals surface area contributed by atoms with Crippen LogP contribution >= 0.6 is 0 Å². The number of aliphatic carboxylic acids is 1. The van der Waals surface area contributed by atoms with Crippen LogP contribution in [0.2, 0.25) is 0 Å². The summed E-state index contributed by atoms with van der Waals surface area (Å²) in [6.07, 6.45) is 1.66. The van der Waals surface area contributed by atoms with E-state index in [1.54, 1.807) is 4.90 Å². The third kappa shape index (κ3) is 4.21. The van der Waals surface area contributed by atoms with E-state index in [9.17, 15) is 9.59 Å². The summed E-state index contributed by atoms with van der Waals surface area (Å²) in [6, 6.07) is 10.1. The van der Waals surface area contributed by atoms with E-state index < -0.39 is 11.9 Å². The lowest BCUT2D eigenvalue weighted by atomic mass is 9.97. The third-order valence-corrected chi connectivity index (χ3v) is 3.97. The van der Waals surface area contributed by atoms with Crippen molar-refractivity contribution < 1.29 is 14.7 Å². The highest BCUT2D eigenvalue weighted by Gasteiger charge is 2.29. The zero-order valence-electron chi connectivity index (χ0n) is 12.4. The number of carbonyl (C=O) groups is 2. The number of carbonyl (C=O) groups excluding carboxylic acids is 1. The molecule has 1 aromatic carbocycles. The molecule has 1 aromatic rings. The first-order chi connectivity index (χ1) is 10.1. The normalized spacial score (nSPS) is 18.6. The number of hydrogen-bond donors (Lipinski definition) is 1. The van der Waals surface area contributed by atoms with E-state index in [0.717, 1.165) is 18.7 Å². The summed E-state index contributed by atoms with van der Waals surface area (Å²) in [4.78, 5) is 26.7. The van der Waals surface area contributed by atoms with Gasteiger partial charge >= 0.3 is 5.97 Å². The van der Waals surface area contributed by atoms with E-state index in [1.165, 1.54) is 0 Å².